The van der Waals surface area contributed by atoms with Gasteiger partial charge in [0.1, 0.15) is 11.5 Å². The largest absolute Gasteiger partial charge is 0.496 e. The van der Waals surface area contributed by atoms with Gasteiger partial charge < -0.3 is 20.1 Å². The van der Waals surface area contributed by atoms with E-state index in [9.17, 15) is 4.79 Å². The Bertz CT molecular complexity index is 1520. The zero-order valence-corrected chi connectivity index (χ0v) is 20.7. The number of aryl methyl sites for hydroxylation is 1. The van der Waals surface area contributed by atoms with Crippen molar-refractivity contribution >= 4 is 23.0 Å². The number of benzene rings is 3. The summed E-state index contributed by atoms with van der Waals surface area (Å²) in [6.45, 7) is 2.43. The quantitative estimate of drug-likeness (QED) is 0.327. The molecule has 184 valence electrons. The minimum atomic E-state index is -0.172. The number of ether oxygens (including phenoxy) is 2. The summed E-state index contributed by atoms with van der Waals surface area (Å²) in [5.41, 5.74) is 7.44. The minimum Gasteiger partial charge on any atom is -0.496 e. The lowest BCUT2D eigenvalue weighted by Crippen LogP contribution is -2.11. The van der Waals surface area contributed by atoms with Crippen LogP contribution in [0.1, 0.15) is 27.2 Å². The molecule has 0 radical (unpaired) electrons. The molecule has 0 spiro atoms. The van der Waals surface area contributed by atoms with Gasteiger partial charge in [0.2, 0.25) is 0 Å². The molecule has 0 aliphatic carbocycles. The summed E-state index contributed by atoms with van der Waals surface area (Å²) in [7, 11) is 1.60. The number of pyridine rings is 1. The number of carbonyl (C=O) groups is 1. The molecule has 3 aromatic carbocycles. The van der Waals surface area contributed by atoms with Crippen molar-refractivity contribution in [3.05, 3.63) is 95.3 Å². The van der Waals surface area contributed by atoms with Crippen molar-refractivity contribution in [3.63, 3.8) is 0 Å². The lowest BCUT2D eigenvalue weighted by atomic mass is 9.99. The van der Waals surface area contributed by atoms with Crippen molar-refractivity contribution in [2.45, 2.75) is 19.8 Å². The Morgan fingerprint density at radius 3 is 2.57 bits per heavy atom. The van der Waals surface area contributed by atoms with Crippen LogP contribution in [0.2, 0.25) is 0 Å². The van der Waals surface area contributed by atoms with Crippen LogP contribution in [0.25, 0.3) is 11.1 Å². The molecule has 37 heavy (non-hydrogen) atoms. The van der Waals surface area contributed by atoms with E-state index in [1.54, 1.807) is 13.3 Å². The highest BCUT2D eigenvalue weighted by atomic mass is 16.5. The molecule has 7 heteroatoms. The number of nitrogens with one attached hydrogen (secondary N) is 2. The van der Waals surface area contributed by atoms with Crippen LogP contribution in [0.15, 0.2) is 72.9 Å². The molecule has 1 aromatic heterocycles. The van der Waals surface area contributed by atoms with E-state index in [4.69, 9.17) is 14.7 Å². The number of rotatable bonds is 7. The fourth-order valence-electron chi connectivity index (χ4n) is 4.38. The highest BCUT2D eigenvalue weighted by Gasteiger charge is 2.20. The van der Waals surface area contributed by atoms with E-state index >= 15 is 0 Å². The average Bonchev–Trinajstić information content (AvgIpc) is 3.05. The van der Waals surface area contributed by atoms with Gasteiger partial charge in [-0.15, -0.1) is 0 Å². The molecule has 2 N–H and O–H groups in total. The highest BCUT2D eigenvalue weighted by Crippen LogP contribution is 2.36. The summed E-state index contributed by atoms with van der Waals surface area (Å²) in [6.07, 6.45) is 2.72. The summed E-state index contributed by atoms with van der Waals surface area (Å²) < 4.78 is 11.4. The molecule has 0 bridgehead atoms. The van der Waals surface area contributed by atoms with Crippen molar-refractivity contribution in [3.8, 4) is 28.7 Å². The summed E-state index contributed by atoms with van der Waals surface area (Å²) in [4.78, 5) is 17.3. The summed E-state index contributed by atoms with van der Waals surface area (Å²) in [5, 5.41) is 15.5. The normalized spacial score (nSPS) is 11.8. The van der Waals surface area contributed by atoms with E-state index in [1.165, 1.54) is 0 Å². The molecule has 0 atom stereocenters. The predicted octanol–water partition coefficient (Wildman–Crippen LogP) is 6.06. The van der Waals surface area contributed by atoms with Gasteiger partial charge >= 0.3 is 0 Å². The Hall–Kier alpha value is -4.83. The third-order valence-electron chi connectivity index (χ3n) is 6.36. The van der Waals surface area contributed by atoms with Gasteiger partial charge in [0.05, 0.1) is 54.5 Å². The van der Waals surface area contributed by atoms with Gasteiger partial charge in [0, 0.05) is 18.2 Å². The van der Waals surface area contributed by atoms with E-state index in [2.05, 4.69) is 21.7 Å². The van der Waals surface area contributed by atoms with Crippen LogP contribution in [-0.4, -0.2) is 24.6 Å². The average molecular weight is 491 g/mol. The van der Waals surface area contributed by atoms with E-state index in [-0.39, 0.29) is 12.3 Å². The van der Waals surface area contributed by atoms with Gasteiger partial charge in [0.15, 0.2) is 0 Å². The first-order valence-corrected chi connectivity index (χ1v) is 12.0. The van der Waals surface area contributed by atoms with Crippen LogP contribution in [0, 0.1) is 18.3 Å². The number of anilines is 3. The van der Waals surface area contributed by atoms with Crippen LogP contribution in [-0.2, 0) is 12.8 Å². The smallest absolute Gasteiger partial charge is 0.257 e. The van der Waals surface area contributed by atoms with Crippen molar-refractivity contribution in [1.29, 1.82) is 5.26 Å². The first kappa shape index (κ1) is 23.9. The van der Waals surface area contributed by atoms with Crippen LogP contribution in [0.3, 0.4) is 0 Å². The summed E-state index contributed by atoms with van der Waals surface area (Å²) in [6, 6.07) is 23.4. The van der Waals surface area contributed by atoms with Gasteiger partial charge in [0.25, 0.3) is 5.91 Å². The zero-order valence-electron chi connectivity index (χ0n) is 20.7. The third kappa shape index (κ3) is 5.09. The van der Waals surface area contributed by atoms with Crippen molar-refractivity contribution in [2.75, 3.05) is 24.4 Å². The lowest BCUT2D eigenvalue weighted by molar-refractivity contribution is 0.102. The Labute approximate surface area is 215 Å². The Kier molecular flexibility index (Phi) is 6.73. The first-order valence-electron chi connectivity index (χ1n) is 12.0. The maximum atomic E-state index is 13.0. The molecule has 4 aromatic rings. The Morgan fingerprint density at radius 1 is 0.919 bits per heavy atom. The second-order valence-corrected chi connectivity index (χ2v) is 8.77. The number of nitrogens with zero attached hydrogens (tertiary/aromatic N) is 2. The SMILES string of the molecule is COc1cc(-c2ccc3c(c2)Nc2ccc(CCOc4cccnc4C)cc2NC3=O)ccc1CC#N. The van der Waals surface area contributed by atoms with E-state index in [0.29, 0.717) is 24.3 Å². The number of nitriles is 1. The lowest BCUT2D eigenvalue weighted by Gasteiger charge is -2.13. The molecule has 0 saturated carbocycles. The fraction of sp³-hybridized carbons (Fsp3) is 0.167. The highest BCUT2D eigenvalue weighted by molar-refractivity contribution is 6.12. The monoisotopic (exact) mass is 490 g/mol. The topological polar surface area (TPSA) is 96.3 Å². The standard InChI is InChI=1S/C30H26N4O3/c1-19-28(4-3-14-32-19)37-15-12-20-5-10-25-27(16-20)34-30(35)24-9-8-22(17-26(24)33-25)23-7-6-21(11-13-31)29(18-23)36-2/h3-10,14,16-18,33H,11-12,15H2,1-2H3,(H,34,35). The number of fused-ring (bicyclic) bond motifs is 2. The summed E-state index contributed by atoms with van der Waals surface area (Å²) in [5.74, 6) is 1.27. The van der Waals surface area contributed by atoms with E-state index in [1.807, 2.05) is 73.7 Å². The maximum absolute atomic E-state index is 13.0. The van der Waals surface area contributed by atoms with E-state index in [0.717, 1.165) is 50.8 Å². The second-order valence-electron chi connectivity index (χ2n) is 8.77. The minimum absolute atomic E-state index is 0.172. The first-order chi connectivity index (χ1) is 18.1. The van der Waals surface area contributed by atoms with Crippen LogP contribution < -0.4 is 20.1 Å². The van der Waals surface area contributed by atoms with Gasteiger partial charge in [-0.1, -0.05) is 24.3 Å². The molecule has 1 amide bonds. The number of hydrogen-bond acceptors (Lipinski definition) is 6. The van der Waals surface area contributed by atoms with Gasteiger partial charge in [-0.2, -0.15) is 5.26 Å². The van der Waals surface area contributed by atoms with Crippen molar-refractivity contribution < 1.29 is 14.3 Å². The Balaban J connectivity index is 1.36. The zero-order chi connectivity index (χ0) is 25.8. The summed E-state index contributed by atoms with van der Waals surface area (Å²) >= 11 is 0. The number of amides is 1. The van der Waals surface area contributed by atoms with Crippen molar-refractivity contribution in [1.82, 2.24) is 4.98 Å². The van der Waals surface area contributed by atoms with Crippen molar-refractivity contribution in [2.24, 2.45) is 0 Å². The number of carbonyl (C=O) groups excluding carboxylic acids is 1. The van der Waals surface area contributed by atoms with Crippen LogP contribution >= 0.6 is 0 Å². The second kappa shape index (κ2) is 10.4. The maximum Gasteiger partial charge on any atom is 0.257 e. The predicted molar refractivity (Wildman–Crippen MR) is 144 cm³/mol. The molecule has 1 aliphatic rings. The molecule has 7 nitrogen and oxygen atoms in total. The van der Waals surface area contributed by atoms with Gasteiger partial charge in [-0.3, -0.25) is 9.78 Å². The molecule has 5 rings (SSSR count). The van der Waals surface area contributed by atoms with Crippen LogP contribution in [0.4, 0.5) is 17.1 Å². The molecule has 1 aliphatic heterocycles. The number of hydrogen-bond donors (Lipinski definition) is 2. The van der Waals surface area contributed by atoms with Crippen LogP contribution in [0.5, 0.6) is 11.5 Å². The molecule has 2 heterocycles. The molecular formula is C30H26N4O3. The molecular weight excluding hydrogens is 464 g/mol. The third-order valence-corrected chi connectivity index (χ3v) is 6.36. The molecule has 0 unspecified atom stereocenters. The Morgan fingerprint density at radius 2 is 1.76 bits per heavy atom. The van der Waals surface area contributed by atoms with Gasteiger partial charge in [-0.05, 0) is 66.1 Å². The molecule has 0 saturated heterocycles. The van der Waals surface area contributed by atoms with Gasteiger partial charge in [-0.25, -0.2) is 0 Å². The molecule has 0 fully saturated rings. The van der Waals surface area contributed by atoms with E-state index < -0.39 is 0 Å². The fourth-order valence-corrected chi connectivity index (χ4v) is 4.38. The number of methoxy groups -OCH3 is 1. The number of aromatic nitrogens is 1.